The lowest BCUT2D eigenvalue weighted by Crippen LogP contribution is -2.40. The lowest BCUT2D eigenvalue weighted by atomic mass is 9.93. The van der Waals surface area contributed by atoms with E-state index < -0.39 is 43.1 Å². The molecule has 3 rings (SSSR count). The molecule has 1 aliphatic heterocycles. The van der Waals surface area contributed by atoms with Gasteiger partial charge in [0.15, 0.2) is 22.7 Å². The molecule has 0 radical (unpaired) electrons. The Kier molecular flexibility index (Phi) is 7.22. The largest absolute Gasteiger partial charge is 0.388 e. The molecule has 12 nitrogen and oxygen atoms in total. The number of imidazole rings is 1. The number of aromatic nitrogens is 4. The van der Waals surface area contributed by atoms with Crippen LogP contribution in [0, 0.1) is 5.41 Å². The average molecular weight is 487 g/mol. The maximum absolute atomic E-state index is 12.9. The second-order valence-corrected chi connectivity index (χ2v) is 10.9. The van der Waals surface area contributed by atoms with Gasteiger partial charge in [-0.1, -0.05) is 20.8 Å². The van der Waals surface area contributed by atoms with Crippen LogP contribution in [-0.4, -0.2) is 68.6 Å². The van der Waals surface area contributed by atoms with Crippen molar-refractivity contribution in [2.45, 2.75) is 88.9 Å². The van der Waals surface area contributed by atoms with Gasteiger partial charge >= 0.3 is 7.60 Å². The van der Waals surface area contributed by atoms with E-state index in [4.69, 9.17) is 14.7 Å². The van der Waals surface area contributed by atoms with E-state index in [1.54, 1.807) is 34.7 Å². The van der Waals surface area contributed by atoms with Gasteiger partial charge in [0.25, 0.3) is 0 Å². The maximum atomic E-state index is 12.9. The van der Waals surface area contributed by atoms with Crippen molar-refractivity contribution in [1.82, 2.24) is 19.1 Å². The van der Waals surface area contributed by atoms with Gasteiger partial charge in [-0.3, -0.25) is 14.5 Å². The van der Waals surface area contributed by atoms with Gasteiger partial charge in [-0.15, -0.1) is 0 Å². The van der Waals surface area contributed by atoms with Crippen molar-refractivity contribution in [1.29, 1.82) is 5.41 Å². The molecule has 0 bridgehead atoms. The number of fused-ring (bicyclic) bond motifs is 1. The number of rotatable bonds is 9. The smallest absolute Gasteiger partial charge is 0.359 e. The third kappa shape index (κ3) is 4.53. The third-order valence-corrected chi connectivity index (χ3v) is 9.07. The molecule has 5 N–H and O–H groups in total. The topological polar surface area (TPSA) is 176 Å². The fraction of sp³-hybridized carbons (Fsp3) is 0.750. The SMILES string of the molecule is CCC(C)(CC1O[C@@H](n2cnc3c(=N)n(C)cnc32)[C@H](O)[C@@H]1O)OP(=O)(O)C(O)(CC)CC. The molecule has 0 spiro atoms. The normalized spacial score (nSPS) is 27.5. The van der Waals surface area contributed by atoms with Gasteiger partial charge in [0.05, 0.1) is 24.4 Å². The van der Waals surface area contributed by atoms with Crippen LogP contribution in [0.15, 0.2) is 12.7 Å². The summed E-state index contributed by atoms with van der Waals surface area (Å²) in [5.74, 6) is 0. The first-order chi connectivity index (χ1) is 15.3. The molecular formula is C20H34N5O7P. The van der Waals surface area contributed by atoms with Gasteiger partial charge in [-0.25, -0.2) is 9.97 Å². The number of hydrogen-bond donors (Lipinski definition) is 5. The number of nitrogens with zero attached hydrogens (tertiary/aromatic N) is 4. The molecule has 186 valence electrons. The molecule has 0 aromatic carbocycles. The number of hydrogen-bond acceptors (Lipinski definition) is 9. The minimum absolute atomic E-state index is 0.00893. The first kappa shape index (κ1) is 26.0. The van der Waals surface area contributed by atoms with Gasteiger partial charge in [0.2, 0.25) is 0 Å². The fourth-order valence-corrected chi connectivity index (χ4v) is 5.80. The first-order valence-corrected chi connectivity index (χ1v) is 12.6. The van der Waals surface area contributed by atoms with Crippen LogP contribution < -0.4 is 5.49 Å². The van der Waals surface area contributed by atoms with Crippen molar-refractivity contribution in [3.63, 3.8) is 0 Å². The van der Waals surface area contributed by atoms with E-state index in [2.05, 4.69) is 9.97 Å². The van der Waals surface area contributed by atoms with Crippen molar-refractivity contribution >= 4 is 18.8 Å². The summed E-state index contributed by atoms with van der Waals surface area (Å²) in [6.07, 6.45) is -1.41. The average Bonchev–Trinajstić information content (AvgIpc) is 3.31. The van der Waals surface area contributed by atoms with Gasteiger partial charge in [-0.2, -0.15) is 0 Å². The van der Waals surface area contributed by atoms with E-state index >= 15 is 0 Å². The van der Waals surface area contributed by atoms with Crippen molar-refractivity contribution in [3.8, 4) is 0 Å². The van der Waals surface area contributed by atoms with Gasteiger partial charge < -0.3 is 34.0 Å². The molecule has 3 unspecified atom stereocenters. The molecule has 1 aliphatic rings. The van der Waals surface area contributed by atoms with Crippen LogP contribution in [0.3, 0.4) is 0 Å². The zero-order valence-electron chi connectivity index (χ0n) is 19.5. The molecule has 0 aliphatic carbocycles. The van der Waals surface area contributed by atoms with Crippen LogP contribution >= 0.6 is 7.60 Å². The van der Waals surface area contributed by atoms with Crippen LogP contribution in [0.2, 0.25) is 0 Å². The number of nitrogens with one attached hydrogen (secondary N) is 1. The molecule has 6 atom stereocenters. The Morgan fingerprint density at radius 3 is 2.39 bits per heavy atom. The zero-order chi connectivity index (χ0) is 24.8. The highest BCUT2D eigenvalue weighted by atomic mass is 31.2. The Labute approximate surface area is 191 Å². The summed E-state index contributed by atoms with van der Waals surface area (Å²) in [6, 6.07) is 0. The summed E-state index contributed by atoms with van der Waals surface area (Å²) < 4.78 is 27.5. The quantitative estimate of drug-likeness (QED) is 0.325. The summed E-state index contributed by atoms with van der Waals surface area (Å²) in [5.41, 5.74) is -0.455. The molecule has 13 heteroatoms. The summed E-state index contributed by atoms with van der Waals surface area (Å²) in [7, 11) is -2.78. The van der Waals surface area contributed by atoms with E-state index in [1.165, 1.54) is 21.8 Å². The molecule has 2 aromatic heterocycles. The standard InChI is InChI=1S/C20H34N5O7P/c1-6-19(4,32-33(29,30)20(28,7-2)8-3)9-12-14(26)15(27)18(31-12)25-11-22-13-16(21)24(5)10-23-17(13)25/h10-12,14-15,18,21,26-28H,6-9H2,1-5H3,(H,29,30)/t12?,14-,15-,18-,19?/m1/s1. The van der Waals surface area contributed by atoms with Crippen LogP contribution in [0.5, 0.6) is 0 Å². The van der Waals surface area contributed by atoms with Crippen LogP contribution in [0.25, 0.3) is 11.2 Å². The lowest BCUT2D eigenvalue weighted by molar-refractivity contribution is -0.0696. The predicted octanol–water partition coefficient (Wildman–Crippen LogP) is 1.14. The van der Waals surface area contributed by atoms with Crippen LogP contribution in [0.1, 0.15) is 59.6 Å². The molecule has 3 heterocycles. The van der Waals surface area contributed by atoms with Crippen molar-refractivity contribution in [2.75, 3.05) is 0 Å². The lowest BCUT2D eigenvalue weighted by Gasteiger charge is -2.38. The highest BCUT2D eigenvalue weighted by molar-refractivity contribution is 7.54. The van der Waals surface area contributed by atoms with Crippen molar-refractivity contribution in [2.24, 2.45) is 7.05 Å². The molecule has 1 saturated heterocycles. The van der Waals surface area contributed by atoms with E-state index in [0.29, 0.717) is 17.6 Å². The van der Waals surface area contributed by atoms with Gasteiger partial charge in [-0.05, 0) is 26.2 Å². The Bertz CT molecular complexity index is 1100. The van der Waals surface area contributed by atoms with Crippen LogP contribution in [-0.2, 0) is 20.9 Å². The number of aryl methyl sites for hydroxylation is 1. The Morgan fingerprint density at radius 1 is 1.18 bits per heavy atom. The fourth-order valence-electron chi connectivity index (χ4n) is 4.03. The molecule has 33 heavy (non-hydrogen) atoms. The van der Waals surface area contributed by atoms with E-state index in [9.17, 15) is 24.8 Å². The van der Waals surface area contributed by atoms with Gasteiger partial charge in [0, 0.05) is 13.5 Å². The Hall–Kier alpha value is -1.66. The monoisotopic (exact) mass is 487 g/mol. The number of aliphatic hydroxyl groups is 3. The minimum Gasteiger partial charge on any atom is -0.388 e. The number of ether oxygens (including phenoxy) is 1. The van der Waals surface area contributed by atoms with E-state index in [0.717, 1.165) is 0 Å². The number of aliphatic hydroxyl groups excluding tert-OH is 2. The van der Waals surface area contributed by atoms with Crippen molar-refractivity contribution in [3.05, 3.63) is 18.1 Å². The summed E-state index contributed by atoms with van der Waals surface area (Å²) in [5, 5.41) is 38.2. The second-order valence-electron chi connectivity index (χ2n) is 8.88. The highest BCUT2D eigenvalue weighted by Gasteiger charge is 2.51. The second kappa shape index (κ2) is 9.18. The minimum atomic E-state index is -4.44. The predicted molar refractivity (Wildman–Crippen MR) is 118 cm³/mol. The first-order valence-electron chi connectivity index (χ1n) is 11.0. The van der Waals surface area contributed by atoms with E-state index in [-0.39, 0.29) is 24.8 Å². The molecule has 0 saturated carbocycles. The van der Waals surface area contributed by atoms with Crippen LogP contribution in [0.4, 0.5) is 0 Å². The summed E-state index contributed by atoms with van der Waals surface area (Å²) in [4.78, 5) is 19.0. The van der Waals surface area contributed by atoms with Gasteiger partial charge in [0.1, 0.15) is 17.7 Å². The Balaban J connectivity index is 1.85. The van der Waals surface area contributed by atoms with E-state index in [1.807, 2.05) is 0 Å². The maximum Gasteiger partial charge on any atom is 0.359 e. The third-order valence-electron chi connectivity index (χ3n) is 6.69. The molecular weight excluding hydrogens is 453 g/mol. The summed E-state index contributed by atoms with van der Waals surface area (Å²) in [6.45, 7) is 6.58. The highest BCUT2D eigenvalue weighted by Crippen LogP contribution is 2.60. The zero-order valence-corrected chi connectivity index (χ0v) is 20.4. The molecule has 0 amide bonds. The molecule has 2 aromatic rings. The summed E-state index contributed by atoms with van der Waals surface area (Å²) >= 11 is 0. The molecule has 1 fully saturated rings. The Morgan fingerprint density at radius 2 is 1.82 bits per heavy atom. The van der Waals surface area contributed by atoms with Crippen molar-refractivity contribution < 1.29 is 34.0 Å².